The van der Waals surface area contributed by atoms with E-state index >= 15 is 0 Å². The van der Waals surface area contributed by atoms with Crippen LogP contribution in [0.2, 0.25) is 0 Å². The molecule has 0 aliphatic carbocycles. The summed E-state index contributed by atoms with van der Waals surface area (Å²) in [5.74, 6) is 0. The molecule has 2 aromatic rings. The van der Waals surface area contributed by atoms with Crippen molar-refractivity contribution in [1.29, 1.82) is 0 Å². The zero-order valence-corrected chi connectivity index (χ0v) is 14.7. The molecule has 22 heavy (non-hydrogen) atoms. The van der Waals surface area contributed by atoms with E-state index in [-0.39, 0.29) is 14.5 Å². The molecule has 2 rings (SSSR count). The fraction of sp³-hybridized carbons (Fsp3) is 0.222. The first-order valence-electron chi connectivity index (χ1n) is 7.02. The van der Waals surface area contributed by atoms with E-state index in [2.05, 4.69) is 33.4 Å². The van der Waals surface area contributed by atoms with Crippen molar-refractivity contribution in [1.82, 2.24) is 0 Å². The molecular weight excluding hydrogens is 312 g/mol. The number of thiol groups is 1. The zero-order chi connectivity index (χ0) is 16.4. The lowest BCUT2D eigenvalue weighted by Crippen LogP contribution is -2.10. The van der Waals surface area contributed by atoms with Crippen molar-refractivity contribution in [3.63, 3.8) is 0 Å². The van der Waals surface area contributed by atoms with E-state index in [4.69, 9.17) is 0 Å². The van der Waals surface area contributed by atoms with Crippen molar-refractivity contribution in [2.24, 2.45) is 0 Å². The fourth-order valence-corrected chi connectivity index (χ4v) is 3.53. The summed E-state index contributed by atoms with van der Waals surface area (Å²) < 4.78 is 24.9. The lowest BCUT2D eigenvalue weighted by molar-refractivity contribution is 0.590. The van der Waals surface area contributed by atoms with Crippen molar-refractivity contribution in [2.45, 2.75) is 31.1 Å². The predicted molar refractivity (Wildman–Crippen MR) is 95.7 cm³/mol. The molecule has 0 amide bonds. The lowest BCUT2D eigenvalue weighted by Gasteiger charge is -2.18. The van der Waals surface area contributed by atoms with E-state index in [1.165, 1.54) is 5.56 Å². The van der Waals surface area contributed by atoms with Crippen LogP contribution in [0.1, 0.15) is 31.9 Å². The third kappa shape index (κ3) is 3.81. The molecule has 2 nitrogen and oxygen atoms in total. The Kier molecular flexibility index (Phi) is 4.83. The summed E-state index contributed by atoms with van der Waals surface area (Å²) in [5.41, 5.74) is 2.09. The Morgan fingerprint density at radius 2 is 1.50 bits per heavy atom. The number of hydrogen-bond donors (Lipinski definition) is 1. The summed E-state index contributed by atoms with van der Waals surface area (Å²) >= 11 is 4.19. The van der Waals surface area contributed by atoms with Gasteiger partial charge in [-0.1, -0.05) is 63.2 Å². The average Bonchev–Trinajstić information content (AvgIpc) is 2.47. The third-order valence-electron chi connectivity index (χ3n) is 3.40. The molecule has 0 spiro atoms. The van der Waals surface area contributed by atoms with Gasteiger partial charge in [-0.3, -0.25) is 0 Å². The predicted octanol–water partition coefficient (Wildman–Crippen LogP) is 4.69. The molecule has 0 heterocycles. The van der Waals surface area contributed by atoms with E-state index in [1.807, 2.05) is 24.3 Å². The summed E-state index contributed by atoms with van der Waals surface area (Å²) in [6.45, 7) is 6.42. The second-order valence-corrected chi connectivity index (χ2v) is 8.87. The summed E-state index contributed by atoms with van der Waals surface area (Å²) in [4.78, 5) is 0.252. The van der Waals surface area contributed by atoms with Gasteiger partial charge in [0.2, 0.25) is 9.84 Å². The van der Waals surface area contributed by atoms with E-state index in [9.17, 15) is 8.42 Å². The Labute approximate surface area is 138 Å². The highest BCUT2D eigenvalue weighted by Gasteiger charge is 2.17. The maximum absolute atomic E-state index is 12.4. The van der Waals surface area contributed by atoms with Crippen molar-refractivity contribution < 1.29 is 8.42 Å². The normalized spacial score (nSPS) is 13.2. The topological polar surface area (TPSA) is 34.1 Å². The lowest BCUT2D eigenvalue weighted by atomic mass is 9.87. The summed E-state index contributed by atoms with van der Waals surface area (Å²) in [7, 11) is -3.55. The smallest absolute Gasteiger partial charge is 0.212 e. The maximum atomic E-state index is 12.4. The van der Waals surface area contributed by atoms with Crippen molar-refractivity contribution in [2.75, 3.05) is 0 Å². The van der Waals surface area contributed by atoms with Crippen molar-refractivity contribution in [3.8, 4) is 0 Å². The first-order chi connectivity index (χ1) is 10.2. The molecule has 0 N–H and O–H groups in total. The van der Waals surface area contributed by atoms with Crippen molar-refractivity contribution in [3.05, 3.63) is 70.0 Å². The van der Waals surface area contributed by atoms with Crippen LogP contribution < -0.4 is 0 Å². The second kappa shape index (κ2) is 6.31. The van der Waals surface area contributed by atoms with Gasteiger partial charge >= 0.3 is 0 Å². The highest BCUT2D eigenvalue weighted by molar-refractivity contribution is 8.10. The Balaban J connectivity index is 2.33. The molecule has 0 saturated heterocycles. The zero-order valence-electron chi connectivity index (χ0n) is 12.9. The van der Waals surface area contributed by atoms with E-state index in [0.717, 1.165) is 5.56 Å². The van der Waals surface area contributed by atoms with Gasteiger partial charge in [0, 0.05) is 0 Å². The van der Waals surface area contributed by atoms with Crippen LogP contribution in [0.25, 0.3) is 6.08 Å². The maximum Gasteiger partial charge on any atom is 0.212 e. The quantitative estimate of drug-likeness (QED) is 0.828. The Morgan fingerprint density at radius 1 is 0.955 bits per heavy atom. The van der Waals surface area contributed by atoms with Gasteiger partial charge in [-0.2, -0.15) is 0 Å². The summed E-state index contributed by atoms with van der Waals surface area (Å²) in [6, 6.07) is 16.2. The number of hydrogen-bond acceptors (Lipinski definition) is 3. The summed E-state index contributed by atoms with van der Waals surface area (Å²) in [5, 5.41) is 0. The highest BCUT2D eigenvalue weighted by atomic mass is 32.2. The Hall–Kier alpha value is -1.52. The third-order valence-corrected chi connectivity index (χ3v) is 5.81. The number of rotatable bonds is 3. The first kappa shape index (κ1) is 16.8. The molecule has 0 aliphatic heterocycles. The van der Waals surface area contributed by atoms with E-state index < -0.39 is 9.84 Å². The van der Waals surface area contributed by atoms with Gasteiger partial charge in [-0.15, -0.1) is 12.6 Å². The van der Waals surface area contributed by atoms with Crippen LogP contribution in [-0.2, 0) is 15.3 Å². The largest absolute Gasteiger partial charge is 0.218 e. The van der Waals surface area contributed by atoms with Gasteiger partial charge in [0.05, 0.1) is 4.90 Å². The highest BCUT2D eigenvalue weighted by Crippen LogP contribution is 2.26. The first-order valence-corrected chi connectivity index (χ1v) is 8.95. The fourth-order valence-electron chi connectivity index (χ4n) is 2.02. The van der Waals surface area contributed by atoms with Gasteiger partial charge in [0.1, 0.15) is 4.24 Å². The molecule has 4 heteroatoms. The molecule has 0 aliphatic rings. The standard InChI is InChI=1S/C18H20O2S2/c1-18(2,3)15-11-9-14(10-12-15)13-17(21)22(19,20)16-7-5-4-6-8-16/h4-13,21H,1-3H3. The molecule has 116 valence electrons. The minimum absolute atomic E-state index is 0.0437. The molecule has 0 unspecified atom stereocenters. The molecule has 0 radical (unpaired) electrons. The van der Waals surface area contributed by atoms with Gasteiger partial charge in [0.15, 0.2) is 0 Å². The Morgan fingerprint density at radius 3 is 2.00 bits per heavy atom. The van der Waals surface area contributed by atoms with Crippen LogP contribution >= 0.6 is 12.6 Å². The molecule has 0 fully saturated rings. The average molecular weight is 332 g/mol. The van der Waals surface area contributed by atoms with Gasteiger partial charge in [-0.05, 0) is 34.8 Å². The molecule has 0 aromatic heterocycles. The number of sulfone groups is 1. The second-order valence-electron chi connectivity index (χ2n) is 6.17. The van der Waals surface area contributed by atoms with Crippen LogP contribution in [0.4, 0.5) is 0 Å². The van der Waals surface area contributed by atoms with E-state index in [0.29, 0.717) is 0 Å². The van der Waals surface area contributed by atoms with Crippen LogP contribution in [0.3, 0.4) is 0 Å². The van der Waals surface area contributed by atoms with Crippen LogP contribution in [0, 0.1) is 0 Å². The van der Waals surface area contributed by atoms with Crippen LogP contribution in [0.15, 0.2) is 63.7 Å². The van der Waals surface area contributed by atoms with Gasteiger partial charge in [-0.25, -0.2) is 8.42 Å². The van der Waals surface area contributed by atoms with Gasteiger partial charge in [0.25, 0.3) is 0 Å². The van der Waals surface area contributed by atoms with Gasteiger partial charge < -0.3 is 0 Å². The summed E-state index contributed by atoms with van der Waals surface area (Å²) in [6.07, 6.45) is 1.58. The molecule has 0 saturated carbocycles. The molecule has 0 atom stereocenters. The molecule has 2 aromatic carbocycles. The minimum Gasteiger partial charge on any atom is -0.218 e. The minimum atomic E-state index is -3.55. The molecule has 0 bridgehead atoms. The van der Waals surface area contributed by atoms with Crippen LogP contribution in [-0.4, -0.2) is 8.42 Å². The Bertz CT molecular complexity index is 766. The van der Waals surface area contributed by atoms with Crippen LogP contribution in [0.5, 0.6) is 0 Å². The molecular formula is C18H20O2S2. The monoisotopic (exact) mass is 332 g/mol. The number of benzene rings is 2. The van der Waals surface area contributed by atoms with E-state index in [1.54, 1.807) is 36.4 Å². The van der Waals surface area contributed by atoms with Crippen molar-refractivity contribution >= 4 is 28.5 Å². The SMILES string of the molecule is CC(C)(C)c1ccc(C=C(S)S(=O)(=O)c2ccccc2)cc1.